The molecule has 0 bridgehead atoms. The first-order valence-corrected chi connectivity index (χ1v) is 11.4. The second-order valence-corrected chi connectivity index (χ2v) is 9.30. The lowest BCUT2D eigenvalue weighted by molar-refractivity contribution is -0.141. The highest BCUT2D eigenvalue weighted by Gasteiger charge is 2.27. The number of hydrogen-bond donors (Lipinski definition) is 3. The second-order valence-electron chi connectivity index (χ2n) is 7.07. The molecule has 1 amide bonds. The maximum Gasteiger partial charge on any atom is 0.326 e. The van der Waals surface area contributed by atoms with Crippen molar-refractivity contribution in [2.24, 2.45) is 5.92 Å². The Labute approximate surface area is 169 Å². The zero-order valence-corrected chi connectivity index (χ0v) is 17.9. The van der Waals surface area contributed by atoms with E-state index in [2.05, 4.69) is 37.1 Å². The van der Waals surface area contributed by atoms with Gasteiger partial charge in [-0.2, -0.15) is 11.8 Å². The molecule has 27 heavy (non-hydrogen) atoms. The van der Waals surface area contributed by atoms with E-state index in [1.807, 2.05) is 24.6 Å². The number of carboxylic acids is 1. The summed E-state index contributed by atoms with van der Waals surface area (Å²) in [5.74, 6) is -0.159. The van der Waals surface area contributed by atoms with E-state index in [9.17, 15) is 14.7 Å². The number of carbonyl (C=O) groups excluding carboxylic acids is 1. The van der Waals surface area contributed by atoms with Crippen LogP contribution in [0.25, 0.3) is 10.9 Å². The smallest absolute Gasteiger partial charge is 0.326 e. The molecule has 2 aromatic rings. The van der Waals surface area contributed by atoms with E-state index in [1.165, 1.54) is 11.8 Å². The average molecular weight is 409 g/mol. The van der Waals surface area contributed by atoms with E-state index in [0.29, 0.717) is 24.5 Å². The van der Waals surface area contributed by atoms with Crippen molar-refractivity contribution in [1.82, 2.24) is 10.3 Å². The molecule has 0 saturated heterocycles. The Morgan fingerprint density at radius 1 is 1.30 bits per heavy atom. The van der Waals surface area contributed by atoms with Crippen LogP contribution in [-0.2, 0) is 9.59 Å². The fourth-order valence-corrected chi connectivity index (χ4v) is 4.92. The number of nitrogens with one attached hydrogen (secondary N) is 2. The number of fused-ring (bicyclic) bond motifs is 1. The first kappa shape index (κ1) is 21.7. The van der Waals surface area contributed by atoms with Crippen LogP contribution in [0.1, 0.15) is 32.3 Å². The third-order valence-electron chi connectivity index (χ3n) is 4.35. The van der Waals surface area contributed by atoms with Crippen molar-refractivity contribution < 1.29 is 14.7 Å². The number of aryl methyl sites for hydroxylation is 1. The summed E-state index contributed by atoms with van der Waals surface area (Å²) in [6.45, 7) is 6.20. The van der Waals surface area contributed by atoms with Crippen molar-refractivity contribution in [3.05, 3.63) is 30.0 Å². The van der Waals surface area contributed by atoms with Crippen LogP contribution < -0.4 is 5.32 Å². The Bertz CT molecular complexity index is 789. The lowest BCUT2D eigenvalue weighted by atomic mass is 10.1. The first-order chi connectivity index (χ1) is 12.8. The van der Waals surface area contributed by atoms with Gasteiger partial charge in [-0.25, -0.2) is 4.79 Å². The number of rotatable bonds is 10. The maximum atomic E-state index is 12.9. The topological polar surface area (TPSA) is 82.2 Å². The number of benzene rings is 1. The Morgan fingerprint density at radius 3 is 2.67 bits per heavy atom. The minimum Gasteiger partial charge on any atom is -0.480 e. The van der Waals surface area contributed by atoms with Gasteiger partial charge in [0.1, 0.15) is 6.04 Å². The van der Waals surface area contributed by atoms with Gasteiger partial charge in [-0.1, -0.05) is 26.0 Å². The summed E-state index contributed by atoms with van der Waals surface area (Å²) in [5.41, 5.74) is 2.20. The number of amides is 1. The van der Waals surface area contributed by atoms with Crippen molar-refractivity contribution >= 4 is 46.3 Å². The second kappa shape index (κ2) is 10.1. The molecule has 148 valence electrons. The van der Waals surface area contributed by atoms with Crippen LogP contribution in [0, 0.1) is 12.8 Å². The molecule has 0 spiro atoms. The largest absolute Gasteiger partial charge is 0.480 e. The van der Waals surface area contributed by atoms with Crippen LogP contribution in [0.15, 0.2) is 29.3 Å². The van der Waals surface area contributed by atoms with Crippen molar-refractivity contribution in [2.75, 3.05) is 12.0 Å². The third kappa shape index (κ3) is 5.94. The van der Waals surface area contributed by atoms with Crippen molar-refractivity contribution in [2.45, 2.75) is 49.8 Å². The Balaban J connectivity index is 2.20. The molecular formula is C20H28N2O3S2. The minimum atomic E-state index is -0.978. The van der Waals surface area contributed by atoms with Gasteiger partial charge in [-0.3, -0.25) is 4.79 Å². The molecule has 0 aliphatic rings. The molecule has 7 heteroatoms. The molecular weight excluding hydrogens is 380 g/mol. The predicted octanol–water partition coefficient (Wildman–Crippen LogP) is 4.31. The van der Waals surface area contributed by atoms with Crippen LogP contribution in [-0.4, -0.2) is 45.3 Å². The Morgan fingerprint density at radius 2 is 2.04 bits per heavy atom. The summed E-state index contributed by atoms with van der Waals surface area (Å²) in [5, 5.41) is 13.0. The summed E-state index contributed by atoms with van der Waals surface area (Å²) in [7, 11) is 0. The van der Waals surface area contributed by atoms with Gasteiger partial charge in [0.25, 0.3) is 0 Å². The molecule has 1 aromatic carbocycles. The van der Waals surface area contributed by atoms with E-state index in [-0.39, 0.29) is 11.2 Å². The average Bonchev–Trinajstić information content (AvgIpc) is 3.01. The monoisotopic (exact) mass is 408 g/mol. The molecule has 2 atom stereocenters. The molecule has 3 N–H and O–H groups in total. The number of aliphatic carboxylic acids is 1. The number of H-pyrrole nitrogens is 1. The van der Waals surface area contributed by atoms with Crippen LogP contribution >= 0.6 is 23.5 Å². The van der Waals surface area contributed by atoms with Crippen LogP contribution in [0.5, 0.6) is 0 Å². The molecule has 0 aliphatic carbocycles. The van der Waals surface area contributed by atoms with E-state index in [0.717, 1.165) is 21.4 Å². The standard InChI is InChI=1S/C20H28N2O3S2/c1-12(2)10-16(19(23)22-15(20(24)25)8-9-26-4)27-17-11-21-14-7-5-6-13(3)18(14)17/h5-7,11-12,15-16,21H,8-10H2,1-4H3,(H,22,23)(H,24,25)/t15?,16-/m1/s1. The fourth-order valence-electron chi connectivity index (χ4n) is 2.97. The van der Waals surface area contributed by atoms with Gasteiger partial charge in [-0.15, -0.1) is 11.8 Å². The van der Waals surface area contributed by atoms with Crippen LogP contribution in [0.4, 0.5) is 0 Å². The lowest BCUT2D eigenvalue weighted by Crippen LogP contribution is -2.45. The normalized spacial score (nSPS) is 13.7. The lowest BCUT2D eigenvalue weighted by Gasteiger charge is -2.21. The number of aromatic nitrogens is 1. The molecule has 1 unspecified atom stereocenters. The Hall–Kier alpha value is -1.60. The zero-order valence-electron chi connectivity index (χ0n) is 16.2. The van der Waals surface area contributed by atoms with E-state index >= 15 is 0 Å². The minimum absolute atomic E-state index is 0.204. The number of carboxylic acid groups (broad SMARTS) is 1. The van der Waals surface area contributed by atoms with E-state index in [4.69, 9.17) is 0 Å². The number of hydrogen-bond acceptors (Lipinski definition) is 4. The summed E-state index contributed by atoms with van der Waals surface area (Å²) in [6, 6.07) is 5.24. The highest BCUT2D eigenvalue weighted by atomic mass is 32.2. The first-order valence-electron chi connectivity index (χ1n) is 9.09. The van der Waals surface area contributed by atoms with Crippen molar-refractivity contribution in [3.63, 3.8) is 0 Å². The van der Waals surface area contributed by atoms with Crippen LogP contribution in [0.2, 0.25) is 0 Å². The zero-order chi connectivity index (χ0) is 20.0. The molecule has 0 aliphatic heterocycles. The number of carbonyl (C=O) groups is 2. The highest BCUT2D eigenvalue weighted by Crippen LogP contribution is 2.35. The van der Waals surface area contributed by atoms with Gasteiger partial charge in [0, 0.05) is 22.0 Å². The van der Waals surface area contributed by atoms with Crippen molar-refractivity contribution in [3.8, 4) is 0 Å². The summed E-state index contributed by atoms with van der Waals surface area (Å²) in [4.78, 5) is 28.7. The predicted molar refractivity (Wildman–Crippen MR) is 115 cm³/mol. The molecule has 1 aromatic heterocycles. The molecule has 0 fully saturated rings. The van der Waals surface area contributed by atoms with Crippen molar-refractivity contribution in [1.29, 1.82) is 0 Å². The Kier molecular flexibility index (Phi) is 8.10. The third-order valence-corrected chi connectivity index (χ3v) is 6.26. The summed E-state index contributed by atoms with van der Waals surface area (Å²) >= 11 is 3.09. The van der Waals surface area contributed by atoms with Gasteiger partial charge < -0.3 is 15.4 Å². The quantitative estimate of drug-likeness (QED) is 0.511. The van der Waals surface area contributed by atoms with Gasteiger partial charge in [0.15, 0.2) is 0 Å². The van der Waals surface area contributed by atoms with Gasteiger partial charge in [-0.05, 0) is 49.3 Å². The molecule has 0 saturated carbocycles. The highest BCUT2D eigenvalue weighted by molar-refractivity contribution is 8.00. The molecule has 2 rings (SSSR count). The van der Waals surface area contributed by atoms with E-state index < -0.39 is 12.0 Å². The molecule has 1 heterocycles. The number of thioether (sulfide) groups is 2. The summed E-state index contributed by atoms with van der Waals surface area (Å²) < 4.78 is 0. The molecule has 5 nitrogen and oxygen atoms in total. The maximum absolute atomic E-state index is 12.9. The fraction of sp³-hybridized carbons (Fsp3) is 0.500. The number of aromatic amines is 1. The van der Waals surface area contributed by atoms with Gasteiger partial charge in [0.2, 0.25) is 5.91 Å². The van der Waals surface area contributed by atoms with Crippen LogP contribution in [0.3, 0.4) is 0 Å². The van der Waals surface area contributed by atoms with E-state index in [1.54, 1.807) is 11.8 Å². The molecule has 0 radical (unpaired) electrons. The van der Waals surface area contributed by atoms with Gasteiger partial charge in [0.05, 0.1) is 5.25 Å². The van der Waals surface area contributed by atoms with Gasteiger partial charge >= 0.3 is 5.97 Å². The SMILES string of the molecule is CSCCC(NC(=O)[C@@H](CC(C)C)Sc1c[nH]c2cccc(C)c12)C(=O)O. The summed E-state index contributed by atoms with van der Waals surface area (Å²) in [6.07, 6.45) is 4.97.